The number of morpholine rings is 1. The van der Waals surface area contributed by atoms with Gasteiger partial charge in [0.15, 0.2) is 0 Å². The molecule has 4 N–H and O–H groups in total. The minimum absolute atomic E-state index is 0.133. The number of aromatic nitrogens is 2. The predicted octanol–water partition coefficient (Wildman–Crippen LogP) is 4.44. The summed E-state index contributed by atoms with van der Waals surface area (Å²) in [5, 5.41) is 12.4. The lowest BCUT2D eigenvalue weighted by Gasteiger charge is -2.31. The molecule has 4 heterocycles. The van der Waals surface area contributed by atoms with E-state index >= 15 is 8.78 Å². The first-order valence-electron chi connectivity index (χ1n) is 11.7. The quantitative estimate of drug-likeness (QED) is 0.391. The zero-order valence-electron chi connectivity index (χ0n) is 19.7. The van der Waals surface area contributed by atoms with E-state index in [1.807, 2.05) is 19.1 Å². The average Bonchev–Trinajstić information content (AvgIpc) is 3.32. The zero-order chi connectivity index (χ0) is 25.6. The predicted molar refractivity (Wildman–Crippen MR) is 133 cm³/mol. The standard InChI is InChI=1S/C24H28F2N4O5S/c1-14-2-4-30-20(11-17-12-29(24(31)32)5-6-35-17)23(28-21(30)8-14)22-18(25)9-16(10-19(22)26)27-15-3-7-36(33,34)13-15/h2,4,8-10,15,17,27,33-34H,3,5-7,11-13H2,1H3,(H,31,32)/t15?,17-/m0/s1. The number of benzene rings is 1. The number of rotatable bonds is 5. The molecule has 2 aromatic heterocycles. The van der Waals surface area contributed by atoms with Gasteiger partial charge in [-0.2, -0.15) is 10.6 Å². The molecule has 2 aliphatic heterocycles. The maximum absolute atomic E-state index is 15.4. The number of nitrogens with one attached hydrogen (secondary N) is 1. The van der Waals surface area contributed by atoms with Crippen molar-refractivity contribution < 1.29 is 32.5 Å². The van der Waals surface area contributed by atoms with Gasteiger partial charge >= 0.3 is 6.09 Å². The van der Waals surface area contributed by atoms with Crippen LogP contribution >= 0.6 is 10.6 Å². The number of carboxylic acid groups (broad SMARTS) is 1. The van der Waals surface area contributed by atoms with E-state index in [0.29, 0.717) is 17.8 Å². The molecule has 1 aromatic carbocycles. The van der Waals surface area contributed by atoms with Gasteiger partial charge in [-0.05, 0) is 43.2 Å². The number of halogens is 2. The number of nitrogens with zero attached hydrogens (tertiary/aromatic N) is 3. The number of pyridine rings is 1. The topological polar surface area (TPSA) is 120 Å². The minimum atomic E-state index is -2.65. The van der Waals surface area contributed by atoms with Gasteiger partial charge in [0.1, 0.15) is 17.3 Å². The molecule has 0 aliphatic carbocycles. The van der Waals surface area contributed by atoms with E-state index in [0.717, 1.165) is 5.56 Å². The van der Waals surface area contributed by atoms with Crippen LogP contribution in [0.1, 0.15) is 17.7 Å². The second-order valence-corrected chi connectivity index (χ2v) is 11.7. The Morgan fingerprint density at radius 1 is 1.28 bits per heavy atom. The maximum Gasteiger partial charge on any atom is 0.407 e. The molecule has 194 valence electrons. The molecule has 0 saturated carbocycles. The molecule has 2 aliphatic rings. The van der Waals surface area contributed by atoms with Crippen LogP contribution in [0.4, 0.5) is 19.3 Å². The lowest BCUT2D eigenvalue weighted by atomic mass is 10.0. The third kappa shape index (κ3) is 4.99. The van der Waals surface area contributed by atoms with Gasteiger partial charge < -0.3 is 24.5 Å². The summed E-state index contributed by atoms with van der Waals surface area (Å²) in [6.45, 7) is 2.53. The van der Waals surface area contributed by atoms with Crippen LogP contribution in [0.15, 0.2) is 30.5 Å². The molecule has 1 unspecified atom stereocenters. The molecule has 0 bridgehead atoms. The third-order valence-corrected chi connectivity index (χ3v) is 8.45. The molecule has 2 fully saturated rings. The fourth-order valence-electron chi connectivity index (χ4n) is 4.88. The van der Waals surface area contributed by atoms with Gasteiger partial charge in [-0.3, -0.25) is 9.11 Å². The van der Waals surface area contributed by atoms with E-state index in [2.05, 4.69) is 10.3 Å². The number of carbonyl (C=O) groups is 1. The van der Waals surface area contributed by atoms with Crippen LogP contribution in [-0.4, -0.2) is 77.9 Å². The first kappa shape index (κ1) is 24.8. The highest BCUT2D eigenvalue weighted by atomic mass is 32.3. The lowest BCUT2D eigenvalue weighted by molar-refractivity contribution is -0.0214. The Balaban J connectivity index is 1.50. The number of anilines is 1. The van der Waals surface area contributed by atoms with Gasteiger partial charge in [0, 0.05) is 36.6 Å². The van der Waals surface area contributed by atoms with Crippen molar-refractivity contribution in [2.24, 2.45) is 0 Å². The Bertz CT molecular complexity index is 1290. The Morgan fingerprint density at radius 3 is 2.69 bits per heavy atom. The van der Waals surface area contributed by atoms with Crippen molar-refractivity contribution in [1.82, 2.24) is 14.3 Å². The molecule has 1 amide bonds. The largest absolute Gasteiger partial charge is 0.465 e. The van der Waals surface area contributed by atoms with E-state index in [4.69, 9.17) is 4.74 Å². The summed E-state index contributed by atoms with van der Waals surface area (Å²) in [6, 6.07) is 5.76. The highest BCUT2D eigenvalue weighted by Crippen LogP contribution is 2.46. The van der Waals surface area contributed by atoms with Crippen molar-refractivity contribution in [3.05, 3.63) is 53.4 Å². The highest BCUT2D eigenvalue weighted by Gasteiger charge is 2.30. The summed E-state index contributed by atoms with van der Waals surface area (Å²) < 4.78 is 58.0. The van der Waals surface area contributed by atoms with E-state index in [-0.39, 0.29) is 60.6 Å². The third-order valence-electron chi connectivity index (χ3n) is 6.62. The summed E-state index contributed by atoms with van der Waals surface area (Å²) in [5.41, 5.74) is 2.03. The van der Waals surface area contributed by atoms with E-state index in [1.54, 1.807) is 10.6 Å². The van der Waals surface area contributed by atoms with Crippen molar-refractivity contribution in [3.8, 4) is 11.3 Å². The fraction of sp³-hybridized carbons (Fsp3) is 0.417. The highest BCUT2D eigenvalue weighted by molar-refractivity contribution is 8.24. The SMILES string of the molecule is Cc1ccn2c(C[C@H]3CN(C(=O)O)CCO3)c(-c3c(F)cc(NC4CCS(O)(O)C4)cc3F)nc2c1. The van der Waals surface area contributed by atoms with Crippen molar-refractivity contribution in [2.45, 2.75) is 31.9 Å². The summed E-state index contributed by atoms with van der Waals surface area (Å²) >= 11 is 0. The van der Waals surface area contributed by atoms with Gasteiger partial charge in [0.2, 0.25) is 0 Å². The monoisotopic (exact) mass is 522 g/mol. The number of aryl methyl sites for hydroxylation is 1. The lowest BCUT2D eigenvalue weighted by Crippen LogP contribution is -2.45. The molecule has 12 heteroatoms. The van der Waals surface area contributed by atoms with E-state index in [1.165, 1.54) is 17.0 Å². The molecule has 5 rings (SSSR count). The number of fused-ring (bicyclic) bond motifs is 1. The normalized spacial score (nSPS) is 22.6. The first-order valence-corrected chi connectivity index (χ1v) is 13.5. The van der Waals surface area contributed by atoms with E-state index in [9.17, 15) is 19.0 Å². The molecular weight excluding hydrogens is 494 g/mol. The summed E-state index contributed by atoms with van der Waals surface area (Å²) in [5.74, 6) is -1.21. The summed E-state index contributed by atoms with van der Waals surface area (Å²) in [6.07, 6.45) is 0.948. The smallest absolute Gasteiger partial charge is 0.407 e. The van der Waals surface area contributed by atoms with Gasteiger partial charge in [-0.15, -0.1) is 0 Å². The minimum Gasteiger partial charge on any atom is -0.465 e. The van der Waals surface area contributed by atoms with Crippen molar-refractivity contribution in [3.63, 3.8) is 0 Å². The summed E-state index contributed by atoms with van der Waals surface area (Å²) in [4.78, 5) is 17.3. The van der Waals surface area contributed by atoms with Crippen molar-refractivity contribution in [2.75, 3.05) is 36.5 Å². The van der Waals surface area contributed by atoms with Crippen LogP contribution in [-0.2, 0) is 11.2 Å². The fourth-order valence-corrected chi connectivity index (χ4v) is 6.60. The van der Waals surface area contributed by atoms with Gasteiger partial charge in [-0.1, -0.05) is 0 Å². The molecule has 2 atom stereocenters. The van der Waals surface area contributed by atoms with Crippen LogP contribution in [0.5, 0.6) is 0 Å². The second kappa shape index (κ2) is 9.51. The summed E-state index contributed by atoms with van der Waals surface area (Å²) in [7, 11) is -2.65. The number of amides is 1. The Labute approximate surface area is 208 Å². The Morgan fingerprint density at radius 2 is 2.03 bits per heavy atom. The molecule has 3 aromatic rings. The number of hydrogen-bond donors (Lipinski definition) is 4. The maximum atomic E-state index is 15.4. The zero-order valence-corrected chi connectivity index (χ0v) is 20.5. The molecular formula is C24H28F2N4O5S. The Hall–Kier alpha value is -2.93. The molecule has 0 radical (unpaired) electrons. The first-order chi connectivity index (χ1) is 17.1. The van der Waals surface area contributed by atoms with Crippen molar-refractivity contribution >= 4 is 28.0 Å². The van der Waals surface area contributed by atoms with Crippen LogP contribution in [0.25, 0.3) is 16.9 Å². The van der Waals surface area contributed by atoms with Gasteiger partial charge in [-0.25, -0.2) is 18.6 Å². The van der Waals surface area contributed by atoms with Crippen LogP contribution < -0.4 is 5.32 Å². The number of imidazole rings is 1. The van der Waals surface area contributed by atoms with Crippen LogP contribution in [0.3, 0.4) is 0 Å². The van der Waals surface area contributed by atoms with E-state index < -0.39 is 34.4 Å². The average molecular weight is 523 g/mol. The Kier molecular flexibility index (Phi) is 6.54. The second-order valence-electron chi connectivity index (χ2n) is 9.38. The molecule has 2 saturated heterocycles. The van der Waals surface area contributed by atoms with Crippen molar-refractivity contribution in [1.29, 1.82) is 0 Å². The van der Waals surface area contributed by atoms with Gasteiger partial charge in [0.25, 0.3) is 0 Å². The molecule has 9 nitrogen and oxygen atoms in total. The number of hydrogen-bond acceptors (Lipinski definition) is 6. The molecule has 0 spiro atoms. The van der Waals surface area contributed by atoms with Crippen LogP contribution in [0, 0.1) is 18.6 Å². The number of ether oxygens (including phenoxy) is 1. The molecule has 36 heavy (non-hydrogen) atoms. The van der Waals surface area contributed by atoms with Crippen LogP contribution in [0.2, 0.25) is 0 Å². The van der Waals surface area contributed by atoms with Gasteiger partial charge in [0.05, 0.1) is 42.0 Å².